The molecule has 21 rings (SSSR count). The average molecular weight is 1170 g/mol. The van der Waals surface area contributed by atoms with Crippen LogP contribution in [0.2, 0.25) is 0 Å². The molecule has 0 aliphatic carbocycles. The topological polar surface area (TPSA) is 92.9 Å². The normalized spacial score (nSPS) is 12.1. The van der Waals surface area contributed by atoms with Gasteiger partial charge in [0.1, 0.15) is 16.6 Å². The van der Waals surface area contributed by atoms with E-state index in [4.69, 9.17) is 13.3 Å². The second kappa shape index (κ2) is 18.8. The summed E-state index contributed by atoms with van der Waals surface area (Å²) in [5, 5.41) is 15.7. The van der Waals surface area contributed by atoms with Crippen LogP contribution in [0.25, 0.3) is 176 Å². The van der Waals surface area contributed by atoms with Crippen LogP contribution in [-0.2, 0) is 0 Å². The Morgan fingerprint density at radius 1 is 0.264 bits per heavy atom. The third-order valence-corrected chi connectivity index (χ3v) is 20.7. The smallest absolute Gasteiger partial charge is 0.181 e. The minimum Gasteiger partial charge on any atom is -0.443 e. The van der Waals surface area contributed by atoms with Crippen molar-refractivity contribution in [3.05, 3.63) is 256 Å². The summed E-state index contributed by atoms with van der Waals surface area (Å²) in [6.45, 7) is 0. The summed E-state index contributed by atoms with van der Waals surface area (Å²) < 4.78 is 31.4. The van der Waals surface area contributed by atoms with Crippen LogP contribution in [0, 0.1) is 0 Å². The quantitative estimate of drug-likeness (QED) is 0.175. The molecule has 0 aliphatic heterocycles. The highest BCUT2D eigenvalue weighted by atomic mass is 32.1. The summed E-state index contributed by atoms with van der Waals surface area (Å²) in [7, 11) is 0. The SMILES string of the molecule is c1ccc2c(c1)sc1c2ccc2c1c1ccccc1n2-c1ccc2ocnc2c1.c1ccc2c(c1)sc1ccc3c(c4ccccc4n3-c3ccc4ocnc4c3)c12.c1ccc2c(c1)sc1ccc3c4ccccc4n(-c4ccc5ocnc5c4)c3c12. The summed E-state index contributed by atoms with van der Waals surface area (Å²) >= 11 is 5.59. The first-order chi connectivity index (χ1) is 43.1. The maximum atomic E-state index is 5.46. The molecule has 0 unspecified atom stereocenters. The fraction of sp³-hybridized carbons (Fsp3) is 0. The zero-order chi connectivity index (χ0) is 56.8. The molecule has 21 aromatic rings. The Hall–Kier alpha value is -10.9. The molecule has 0 spiro atoms. The number of nitrogens with zero attached hydrogens (tertiary/aromatic N) is 6. The van der Waals surface area contributed by atoms with E-state index >= 15 is 0 Å². The minimum absolute atomic E-state index is 0.806. The predicted molar refractivity (Wildman–Crippen MR) is 364 cm³/mol. The van der Waals surface area contributed by atoms with E-state index in [1.54, 1.807) is 0 Å². The van der Waals surface area contributed by atoms with Gasteiger partial charge in [0, 0.05) is 110 Å². The van der Waals surface area contributed by atoms with Crippen LogP contribution < -0.4 is 0 Å². The van der Waals surface area contributed by atoms with Gasteiger partial charge >= 0.3 is 0 Å². The van der Waals surface area contributed by atoms with Gasteiger partial charge in [-0.25, -0.2) is 15.0 Å². The second-order valence-corrected chi connectivity index (χ2v) is 25.1. The fourth-order valence-electron chi connectivity index (χ4n) is 13.6. The summed E-state index contributed by atoms with van der Waals surface area (Å²) in [5.41, 5.74) is 15.6. The Kier molecular flexibility index (Phi) is 10.5. The molecular formula is C75H42N6O3S3. The maximum absolute atomic E-state index is 5.46. The van der Waals surface area contributed by atoms with Gasteiger partial charge in [-0.3, -0.25) is 0 Å². The van der Waals surface area contributed by atoms with Crippen LogP contribution in [0.5, 0.6) is 0 Å². The van der Waals surface area contributed by atoms with Crippen molar-refractivity contribution in [2.75, 3.05) is 0 Å². The fourth-order valence-corrected chi connectivity index (χ4v) is 17.0. The molecule has 0 saturated heterocycles. The van der Waals surface area contributed by atoms with E-state index in [-0.39, 0.29) is 0 Å². The Morgan fingerprint density at radius 2 is 0.678 bits per heavy atom. The van der Waals surface area contributed by atoms with Crippen molar-refractivity contribution >= 4 is 193 Å². The molecule has 0 radical (unpaired) electrons. The highest BCUT2D eigenvalue weighted by Gasteiger charge is 2.22. The summed E-state index contributed by atoms with van der Waals surface area (Å²) in [6.07, 6.45) is 4.51. The van der Waals surface area contributed by atoms with Crippen molar-refractivity contribution in [1.29, 1.82) is 0 Å². The van der Waals surface area contributed by atoms with Crippen LogP contribution in [0.15, 0.2) is 269 Å². The molecule has 0 fully saturated rings. The number of thiophene rings is 3. The van der Waals surface area contributed by atoms with E-state index in [1.165, 1.54) is 145 Å². The van der Waals surface area contributed by atoms with E-state index < -0.39 is 0 Å². The van der Waals surface area contributed by atoms with Crippen molar-refractivity contribution in [2.24, 2.45) is 0 Å². The molecule has 9 heterocycles. The zero-order valence-corrected chi connectivity index (χ0v) is 48.3. The largest absolute Gasteiger partial charge is 0.443 e. The lowest BCUT2D eigenvalue weighted by Crippen LogP contribution is -1.94. The molecule has 408 valence electrons. The van der Waals surface area contributed by atoms with Crippen LogP contribution in [0.1, 0.15) is 0 Å². The number of rotatable bonds is 3. The van der Waals surface area contributed by atoms with Crippen molar-refractivity contribution in [3.63, 3.8) is 0 Å². The molecule has 12 heteroatoms. The average Bonchev–Trinajstić information content (AvgIpc) is 2.28. The Bertz CT molecular complexity index is 6370. The Labute approximate surface area is 504 Å². The maximum Gasteiger partial charge on any atom is 0.181 e. The van der Waals surface area contributed by atoms with Gasteiger partial charge in [-0.1, -0.05) is 121 Å². The molecule has 0 amide bonds. The predicted octanol–water partition coefficient (Wildman–Crippen LogP) is 21.9. The van der Waals surface area contributed by atoms with Gasteiger partial charge in [-0.15, -0.1) is 34.0 Å². The molecule has 0 N–H and O–H groups in total. The number of hydrogen-bond acceptors (Lipinski definition) is 9. The van der Waals surface area contributed by atoms with Crippen molar-refractivity contribution < 1.29 is 13.3 Å². The number of benzene rings is 12. The number of aromatic nitrogens is 6. The highest BCUT2D eigenvalue weighted by molar-refractivity contribution is 7.27. The monoisotopic (exact) mass is 1170 g/mol. The van der Waals surface area contributed by atoms with E-state index in [2.05, 4.69) is 247 Å². The number of oxazole rings is 3. The molecule has 0 aliphatic rings. The Morgan fingerprint density at radius 3 is 1.26 bits per heavy atom. The van der Waals surface area contributed by atoms with Crippen LogP contribution >= 0.6 is 34.0 Å². The van der Waals surface area contributed by atoms with Gasteiger partial charge in [-0.2, -0.15) is 0 Å². The molecule has 9 nitrogen and oxygen atoms in total. The van der Waals surface area contributed by atoms with E-state index in [0.717, 1.165) is 50.4 Å². The molecule has 87 heavy (non-hydrogen) atoms. The first-order valence-corrected chi connectivity index (χ1v) is 31.1. The molecular weight excluding hydrogens is 1130 g/mol. The van der Waals surface area contributed by atoms with Crippen LogP contribution in [0.3, 0.4) is 0 Å². The van der Waals surface area contributed by atoms with E-state index in [0.29, 0.717) is 0 Å². The third kappa shape index (κ3) is 7.26. The lowest BCUT2D eigenvalue weighted by molar-refractivity contribution is 0.602. The van der Waals surface area contributed by atoms with Crippen LogP contribution in [0.4, 0.5) is 0 Å². The first kappa shape index (κ1) is 48.5. The van der Waals surface area contributed by atoms with Crippen molar-refractivity contribution in [3.8, 4) is 17.1 Å². The van der Waals surface area contributed by atoms with Gasteiger partial charge < -0.3 is 27.0 Å². The number of fused-ring (bicyclic) bond motifs is 24. The number of hydrogen-bond donors (Lipinski definition) is 0. The number of para-hydroxylation sites is 3. The van der Waals surface area contributed by atoms with Gasteiger partial charge in [0.25, 0.3) is 0 Å². The van der Waals surface area contributed by atoms with Crippen molar-refractivity contribution in [2.45, 2.75) is 0 Å². The lowest BCUT2D eigenvalue weighted by atomic mass is 10.1. The molecule has 9 aromatic heterocycles. The van der Waals surface area contributed by atoms with Gasteiger partial charge in [0.05, 0.1) is 33.1 Å². The highest BCUT2D eigenvalue weighted by Crippen LogP contribution is 2.47. The third-order valence-electron chi connectivity index (χ3n) is 17.2. The summed E-state index contributed by atoms with van der Waals surface area (Å²) in [4.78, 5) is 13.1. The standard InChI is InChI=1S/3C25H14N2OS/c1-3-7-20-18(6-1)24-21(27(20)15-9-12-22-19(13-15)26-14-28-22)11-10-17-16-5-2-4-8-23(16)29-25(17)24;1-3-7-20-16(5-1)17-10-12-23-24(18-6-2-4-8-22(18)29-23)25(17)27(20)15-9-11-21-19(13-15)26-14-28-21;1-3-7-19-16(5-1)24-20(27(19)15-9-11-21-18(13-15)26-14-28-21)10-12-23-25(24)17-6-2-4-8-22(17)29-23/h3*1-14H. The summed E-state index contributed by atoms with van der Waals surface area (Å²) in [6, 6.07) is 84.2. The summed E-state index contributed by atoms with van der Waals surface area (Å²) in [5.74, 6) is 0. The lowest BCUT2D eigenvalue weighted by Gasteiger charge is -2.09. The van der Waals surface area contributed by atoms with Gasteiger partial charge in [0.2, 0.25) is 0 Å². The molecule has 0 bridgehead atoms. The molecule has 0 saturated carbocycles. The van der Waals surface area contributed by atoms with Gasteiger partial charge in [0.15, 0.2) is 35.9 Å². The zero-order valence-electron chi connectivity index (χ0n) is 45.9. The van der Waals surface area contributed by atoms with Gasteiger partial charge in [-0.05, 0) is 115 Å². The second-order valence-electron chi connectivity index (χ2n) is 21.9. The van der Waals surface area contributed by atoms with Crippen LogP contribution in [-0.4, -0.2) is 28.7 Å². The first-order valence-electron chi connectivity index (χ1n) is 28.7. The van der Waals surface area contributed by atoms with E-state index in [9.17, 15) is 0 Å². The van der Waals surface area contributed by atoms with Crippen molar-refractivity contribution in [1.82, 2.24) is 28.7 Å². The Balaban J connectivity index is 0.0000000950. The molecule has 12 aromatic carbocycles. The minimum atomic E-state index is 0.806. The van der Waals surface area contributed by atoms with E-state index in [1.807, 2.05) is 52.2 Å². The molecule has 0 atom stereocenters.